The van der Waals surface area contributed by atoms with Gasteiger partial charge in [-0.3, -0.25) is 4.79 Å². The molecule has 1 aliphatic heterocycles. The predicted octanol–water partition coefficient (Wildman–Crippen LogP) is 5.12. The second kappa shape index (κ2) is 8.40. The summed E-state index contributed by atoms with van der Waals surface area (Å²) in [5, 5.41) is 4.58. The van der Waals surface area contributed by atoms with Crippen LogP contribution in [0, 0.1) is 11.2 Å². The molecule has 0 fully saturated rings. The first-order chi connectivity index (χ1) is 17.8. The molecule has 3 heterocycles. The van der Waals surface area contributed by atoms with E-state index in [0.29, 0.717) is 64.2 Å². The van der Waals surface area contributed by atoms with Crippen molar-refractivity contribution in [3.8, 4) is 28.8 Å². The van der Waals surface area contributed by atoms with Crippen LogP contribution in [-0.2, 0) is 4.79 Å². The second-order valence-electron chi connectivity index (χ2n) is 10.1. The summed E-state index contributed by atoms with van der Waals surface area (Å²) in [6.45, 7) is 4.12. The molecule has 0 spiro atoms. The fourth-order valence-electron chi connectivity index (χ4n) is 5.23. The number of rotatable bonds is 4. The number of benzene rings is 2. The fourth-order valence-corrected chi connectivity index (χ4v) is 5.23. The normalized spacial score (nSPS) is 18.3. The van der Waals surface area contributed by atoms with Crippen LogP contribution in [0.1, 0.15) is 43.7 Å². The molecular formula is C28H25FN4O4. The van der Waals surface area contributed by atoms with Gasteiger partial charge >= 0.3 is 0 Å². The zero-order valence-corrected chi connectivity index (χ0v) is 20.9. The van der Waals surface area contributed by atoms with Crippen molar-refractivity contribution in [1.29, 1.82) is 0 Å². The van der Waals surface area contributed by atoms with E-state index in [2.05, 4.69) is 23.9 Å². The zero-order valence-electron chi connectivity index (χ0n) is 20.9. The van der Waals surface area contributed by atoms with Gasteiger partial charge < -0.3 is 14.2 Å². The number of halogens is 1. The molecule has 188 valence electrons. The molecule has 0 saturated heterocycles. The molecule has 1 aliphatic carbocycles. The quantitative estimate of drug-likeness (QED) is 0.385. The van der Waals surface area contributed by atoms with Crippen LogP contribution in [0.25, 0.3) is 17.0 Å². The van der Waals surface area contributed by atoms with Crippen molar-refractivity contribution >= 4 is 11.4 Å². The van der Waals surface area contributed by atoms with Gasteiger partial charge in [-0.1, -0.05) is 19.9 Å². The summed E-state index contributed by atoms with van der Waals surface area (Å²) < 4.78 is 32.4. The summed E-state index contributed by atoms with van der Waals surface area (Å²) in [5.41, 5.74) is 3.00. The number of Topliss-reactive ketones (excluding diaryl/α,β-unsaturated/α-hetero) is 1. The summed E-state index contributed by atoms with van der Waals surface area (Å²) in [7, 11) is 3.15. The average molecular weight is 501 g/mol. The monoisotopic (exact) mass is 500 g/mol. The van der Waals surface area contributed by atoms with E-state index in [0.717, 1.165) is 5.56 Å². The van der Waals surface area contributed by atoms with Crippen LogP contribution >= 0.6 is 0 Å². The van der Waals surface area contributed by atoms with Crippen LogP contribution < -0.4 is 14.2 Å². The Hall–Kier alpha value is -4.27. The molecule has 37 heavy (non-hydrogen) atoms. The fraction of sp³-hybridized carbons (Fsp3) is 0.286. The Kier molecular flexibility index (Phi) is 5.25. The third-order valence-corrected chi connectivity index (χ3v) is 6.91. The molecule has 2 aromatic carbocycles. The summed E-state index contributed by atoms with van der Waals surface area (Å²) >= 11 is 0. The molecule has 4 aromatic rings. The second-order valence-corrected chi connectivity index (χ2v) is 10.1. The Bertz CT molecular complexity index is 1590. The summed E-state index contributed by atoms with van der Waals surface area (Å²) in [4.78, 5) is 23.0. The van der Waals surface area contributed by atoms with E-state index in [1.54, 1.807) is 37.2 Å². The van der Waals surface area contributed by atoms with Crippen LogP contribution in [-0.4, -0.2) is 39.6 Å². The van der Waals surface area contributed by atoms with Gasteiger partial charge in [0.2, 0.25) is 5.88 Å². The van der Waals surface area contributed by atoms with Crippen molar-refractivity contribution in [2.75, 3.05) is 14.2 Å². The Balaban J connectivity index is 1.60. The Morgan fingerprint density at radius 3 is 2.54 bits per heavy atom. The van der Waals surface area contributed by atoms with Crippen molar-refractivity contribution < 1.29 is 23.4 Å². The highest BCUT2D eigenvalue weighted by Gasteiger charge is 2.44. The lowest BCUT2D eigenvalue weighted by Gasteiger charge is -2.37. The van der Waals surface area contributed by atoms with Crippen molar-refractivity contribution in [3.05, 3.63) is 77.1 Å². The third kappa shape index (κ3) is 3.82. The molecule has 1 atom stereocenters. The van der Waals surface area contributed by atoms with E-state index in [4.69, 9.17) is 19.2 Å². The van der Waals surface area contributed by atoms with Crippen molar-refractivity contribution in [2.24, 2.45) is 5.41 Å². The van der Waals surface area contributed by atoms with E-state index in [1.807, 2.05) is 18.2 Å². The number of ketones is 1. The van der Waals surface area contributed by atoms with Gasteiger partial charge in [0.25, 0.3) is 0 Å². The highest BCUT2D eigenvalue weighted by molar-refractivity contribution is 6.00. The summed E-state index contributed by atoms with van der Waals surface area (Å²) in [6.07, 6.45) is 2.55. The molecule has 6 rings (SSSR count). The van der Waals surface area contributed by atoms with E-state index in [-0.39, 0.29) is 17.0 Å². The molecular weight excluding hydrogens is 475 g/mol. The first kappa shape index (κ1) is 23.1. The minimum absolute atomic E-state index is 0.0250. The standard InChI is InChI=1S/C28H25FN4O4/c1-28(2)12-18(34)23-21(13-28)37-27-24(22(23)16-7-10-19(35-3)20(11-16)36-4)26-31-25(32-33(26)14-30-27)15-5-8-17(29)9-6-15/h5-11,14,22H,12-13H2,1-4H3/t22-/m0/s1. The third-order valence-electron chi connectivity index (χ3n) is 6.91. The Morgan fingerprint density at radius 1 is 1.05 bits per heavy atom. The molecule has 0 N–H and O–H groups in total. The number of methoxy groups -OCH3 is 2. The van der Waals surface area contributed by atoms with Gasteiger partial charge in [0.15, 0.2) is 28.8 Å². The number of hydrogen-bond acceptors (Lipinski definition) is 7. The first-order valence-corrected chi connectivity index (χ1v) is 12.0. The van der Waals surface area contributed by atoms with Gasteiger partial charge in [0.1, 0.15) is 17.9 Å². The topological polar surface area (TPSA) is 87.8 Å². The lowest BCUT2D eigenvalue weighted by Crippen LogP contribution is -2.33. The minimum atomic E-state index is -0.497. The number of allylic oxidation sites excluding steroid dienone is 2. The van der Waals surface area contributed by atoms with Gasteiger partial charge in [-0.15, -0.1) is 5.10 Å². The first-order valence-electron chi connectivity index (χ1n) is 12.0. The van der Waals surface area contributed by atoms with Gasteiger partial charge in [0.05, 0.1) is 25.7 Å². The molecule has 0 bridgehead atoms. The van der Waals surface area contributed by atoms with E-state index in [9.17, 15) is 9.18 Å². The highest BCUT2D eigenvalue weighted by atomic mass is 19.1. The highest BCUT2D eigenvalue weighted by Crippen LogP contribution is 2.51. The smallest absolute Gasteiger partial charge is 0.228 e. The number of carbonyl (C=O) groups is 1. The zero-order chi connectivity index (χ0) is 25.9. The van der Waals surface area contributed by atoms with E-state index < -0.39 is 5.92 Å². The van der Waals surface area contributed by atoms with E-state index in [1.165, 1.54) is 12.1 Å². The van der Waals surface area contributed by atoms with E-state index >= 15 is 0 Å². The lowest BCUT2D eigenvalue weighted by molar-refractivity contribution is -0.118. The largest absolute Gasteiger partial charge is 0.493 e. The molecule has 9 heteroatoms. The molecule has 0 radical (unpaired) electrons. The number of ether oxygens (including phenoxy) is 3. The van der Waals surface area contributed by atoms with Gasteiger partial charge in [0, 0.05) is 24.0 Å². The van der Waals surface area contributed by atoms with Crippen molar-refractivity contribution in [1.82, 2.24) is 19.6 Å². The Morgan fingerprint density at radius 2 is 1.81 bits per heavy atom. The maximum Gasteiger partial charge on any atom is 0.228 e. The maximum atomic E-state index is 13.6. The number of aromatic nitrogens is 4. The van der Waals surface area contributed by atoms with Gasteiger partial charge in [-0.05, 0) is 47.4 Å². The van der Waals surface area contributed by atoms with Gasteiger partial charge in [-0.2, -0.15) is 0 Å². The minimum Gasteiger partial charge on any atom is -0.493 e. The Labute approximate surface area is 212 Å². The van der Waals surface area contributed by atoms with Crippen LogP contribution in [0.4, 0.5) is 4.39 Å². The molecule has 8 nitrogen and oxygen atoms in total. The predicted molar refractivity (Wildman–Crippen MR) is 133 cm³/mol. The summed E-state index contributed by atoms with van der Waals surface area (Å²) in [5.74, 6) is 1.75. The SMILES string of the molecule is COc1ccc([C@H]2C3=C(CC(C)(C)CC3=O)Oc3ncn4nc(-c5ccc(F)cc5)nc4c32)cc1OC. The van der Waals surface area contributed by atoms with Crippen molar-refractivity contribution in [3.63, 3.8) is 0 Å². The molecule has 0 saturated carbocycles. The number of hydrogen-bond donors (Lipinski definition) is 0. The molecule has 2 aliphatic rings. The van der Waals surface area contributed by atoms with Crippen LogP contribution in [0.5, 0.6) is 17.4 Å². The summed E-state index contributed by atoms with van der Waals surface area (Å²) in [6, 6.07) is 11.6. The number of fused-ring (bicyclic) bond motifs is 3. The number of nitrogens with zero attached hydrogens (tertiary/aromatic N) is 4. The lowest BCUT2D eigenvalue weighted by atomic mass is 9.70. The molecule has 2 aromatic heterocycles. The molecule has 0 amide bonds. The van der Waals surface area contributed by atoms with Crippen LogP contribution in [0.3, 0.4) is 0 Å². The number of carbonyl (C=O) groups excluding carboxylic acids is 1. The van der Waals surface area contributed by atoms with Crippen molar-refractivity contribution in [2.45, 2.75) is 32.6 Å². The average Bonchev–Trinajstić information content (AvgIpc) is 3.31. The maximum absolute atomic E-state index is 13.6. The van der Waals surface area contributed by atoms with Gasteiger partial charge in [-0.25, -0.2) is 18.9 Å². The van der Waals surface area contributed by atoms with Crippen LogP contribution in [0.2, 0.25) is 0 Å². The molecule has 0 unspecified atom stereocenters. The van der Waals surface area contributed by atoms with Crippen LogP contribution in [0.15, 0.2) is 60.1 Å².